The summed E-state index contributed by atoms with van der Waals surface area (Å²) >= 11 is 0. The van der Waals surface area contributed by atoms with E-state index in [1.54, 1.807) is 11.9 Å². The smallest absolute Gasteiger partial charge is 0.270 e. The van der Waals surface area contributed by atoms with Gasteiger partial charge < -0.3 is 9.88 Å². The highest BCUT2D eigenvalue weighted by molar-refractivity contribution is 7.91. The molecule has 1 saturated carbocycles. The number of nitrogens with zero attached hydrogens (tertiary/aromatic N) is 1. The minimum absolute atomic E-state index is 0.149. The van der Waals surface area contributed by atoms with Crippen LogP contribution in [-0.2, 0) is 9.84 Å². The first-order chi connectivity index (χ1) is 11.3. The first-order valence-corrected chi connectivity index (χ1v) is 10.3. The Morgan fingerprint density at radius 2 is 1.92 bits per heavy atom. The average Bonchev–Trinajstić information content (AvgIpc) is 2.95. The van der Waals surface area contributed by atoms with Crippen LogP contribution in [0.15, 0.2) is 24.3 Å². The summed E-state index contributed by atoms with van der Waals surface area (Å²) in [7, 11) is -1.45. The SMILES string of the molecule is Cc1ccc2[nH]c(C(=O)N(C)[C@H]3CCCC[C@@H]3S(C)(=O)=O)cc2c1. The van der Waals surface area contributed by atoms with Gasteiger partial charge in [-0.1, -0.05) is 24.5 Å². The molecular weight excluding hydrogens is 324 g/mol. The number of amides is 1. The second-order valence-corrected chi connectivity index (χ2v) is 9.17. The van der Waals surface area contributed by atoms with E-state index in [1.807, 2.05) is 31.2 Å². The molecule has 0 bridgehead atoms. The molecule has 5 nitrogen and oxygen atoms in total. The second-order valence-electron chi connectivity index (χ2n) is 6.91. The number of hydrogen-bond acceptors (Lipinski definition) is 3. The fourth-order valence-electron chi connectivity index (χ4n) is 3.73. The highest BCUT2D eigenvalue weighted by atomic mass is 32.2. The molecule has 1 aromatic heterocycles. The predicted molar refractivity (Wildman–Crippen MR) is 96.0 cm³/mol. The summed E-state index contributed by atoms with van der Waals surface area (Å²) in [5.41, 5.74) is 2.56. The van der Waals surface area contributed by atoms with E-state index in [-0.39, 0.29) is 11.9 Å². The lowest BCUT2D eigenvalue weighted by atomic mass is 9.93. The third kappa shape index (κ3) is 3.20. The number of sulfone groups is 1. The number of H-pyrrole nitrogens is 1. The molecule has 0 radical (unpaired) electrons. The molecule has 0 spiro atoms. The van der Waals surface area contributed by atoms with Gasteiger partial charge in [-0.15, -0.1) is 0 Å². The van der Waals surface area contributed by atoms with Crippen LogP contribution in [0.5, 0.6) is 0 Å². The summed E-state index contributed by atoms with van der Waals surface area (Å²) in [6, 6.07) is 7.58. The van der Waals surface area contributed by atoms with Crippen LogP contribution >= 0.6 is 0 Å². The molecule has 24 heavy (non-hydrogen) atoms. The number of benzene rings is 1. The second kappa shape index (κ2) is 6.24. The van der Waals surface area contributed by atoms with E-state index in [2.05, 4.69) is 4.98 Å². The summed E-state index contributed by atoms with van der Waals surface area (Å²) in [4.78, 5) is 17.6. The minimum atomic E-state index is -3.17. The number of fused-ring (bicyclic) bond motifs is 1. The number of aryl methyl sites for hydroxylation is 1. The zero-order valence-electron chi connectivity index (χ0n) is 14.4. The Balaban J connectivity index is 1.89. The lowest BCUT2D eigenvalue weighted by molar-refractivity contribution is 0.0695. The highest BCUT2D eigenvalue weighted by Gasteiger charge is 2.37. The highest BCUT2D eigenvalue weighted by Crippen LogP contribution is 2.28. The van der Waals surface area contributed by atoms with Crippen molar-refractivity contribution in [2.24, 2.45) is 0 Å². The van der Waals surface area contributed by atoms with E-state index >= 15 is 0 Å². The molecule has 1 heterocycles. The van der Waals surface area contributed by atoms with Gasteiger partial charge in [0.15, 0.2) is 9.84 Å². The van der Waals surface area contributed by atoms with Crippen molar-refractivity contribution in [1.82, 2.24) is 9.88 Å². The number of aromatic nitrogens is 1. The van der Waals surface area contributed by atoms with Gasteiger partial charge in [0.1, 0.15) is 5.69 Å². The predicted octanol–water partition coefficient (Wildman–Crippen LogP) is 2.90. The standard InChI is InChI=1S/C18H24N2O3S/c1-12-8-9-14-13(10-12)11-15(19-14)18(21)20(2)16-6-4-5-7-17(16)24(3,22)23/h8-11,16-17,19H,4-7H2,1-3H3/t16-,17-/m0/s1. The molecule has 0 aliphatic heterocycles. The van der Waals surface area contributed by atoms with Crippen molar-refractivity contribution < 1.29 is 13.2 Å². The monoisotopic (exact) mass is 348 g/mol. The van der Waals surface area contributed by atoms with Crippen LogP contribution in [0.2, 0.25) is 0 Å². The van der Waals surface area contributed by atoms with E-state index in [1.165, 1.54) is 6.26 Å². The number of aromatic amines is 1. The van der Waals surface area contributed by atoms with Crippen LogP contribution in [0.3, 0.4) is 0 Å². The normalized spacial score (nSPS) is 21.8. The van der Waals surface area contributed by atoms with Gasteiger partial charge in [-0.3, -0.25) is 4.79 Å². The lowest BCUT2D eigenvalue weighted by Crippen LogP contribution is -2.49. The first-order valence-electron chi connectivity index (χ1n) is 8.33. The van der Waals surface area contributed by atoms with Gasteiger partial charge in [-0.25, -0.2) is 8.42 Å². The van der Waals surface area contributed by atoms with Gasteiger partial charge in [0, 0.05) is 30.2 Å². The van der Waals surface area contributed by atoms with Gasteiger partial charge in [0.25, 0.3) is 5.91 Å². The lowest BCUT2D eigenvalue weighted by Gasteiger charge is -2.36. The van der Waals surface area contributed by atoms with Gasteiger partial charge in [-0.05, 0) is 38.0 Å². The van der Waals surface area contributed by atoms with Crippen molar-refractivity contribution >= 4 is 26.6 Å². The summed E-state index contributed by atoms with van der Waals surface area (Å²) in [6.45, 7) is 2.01. The molecule has 1 aromatic carbocycles. The van der Waals surface area contributed by atoms with E-state index in [9.17, 15) is 13.2 Å². The van der Waals surface area contributed by atoms with Crippen molar-refractivity contribution in [2.45, 2.75) is 43.9 Å². The Morgan fingerprint density at radius 1 is 1.21 bits per heavy atom. The third-order valence-corrected chi connectivity index (χ3v) is 6.69. The maximum Gasteiger partial charge on any atom is 0.270 e. The number of hydrogen-bond donors (Lipinski definition) is 1. The van der Waals surface area contributed by atoms with Gasteiger partial charge in [0.05, 0.1) is 5.25 Å². The number of carbonyl (C=O) groups excluding carboxylic acids is 1. The molecule has 0 saturated heterocycles. The molecule has 6 heteroatoms. The molecule has 1 aliphatic rings. The van der Waals surface area contributed by atoms with E-state index in [4.69, 9.17) is 0 Å². The van der Waals surface area contributed by atoms with Crippen LogP contribution in [-0.4, -0.2) is 48.8 Å². The molecule has 130 valence electrons. The summed E-state index contributed by atoms with van der Waals surface area (Å²) in [5.74, 6) is -0.149. The Kier molecular flexibility index (Phi) is 4.42. The molecule has 1 aliphatic carbocycles. The van der Waals surface area contributed by atoms with Crippen LogP contribution < -0.4 is 0 Å². The fourth-order valence-corrected chi connectivity index (χ4v) is 5.21. The molecule has 2 aromatic rings. The Labute approximate surface area is 143 Å². The van der Waals surface area contributed by atoms with Crippen molar-refractivity contribution in [2.75, 3.05) is 13.3 Å². The molecule has 1 fully saturated rings. The zero-order valence-corrected chi connectivity index (χ0v) is 15.2. The summed E-state index contributed by atoms with van der Waals surface area (Å²) in [5, 5.41) is 0.530. The van der Waals surface area contributed by atoms with Crippen LogP contribution in [0.1, 0.15) is 41.7 Å². The van der Waals surface area contributed by atoms with Gasteiger partial charge in [0.2, 0.25) is 0 Å². The van der Waals surface area contributed by atoms with Crippen LogP contribution in [0.4, 0.5) is 0 Å². The molecule has 1 amide bonds. The minimum Gasteiger partial charge on any atom is -0.351 e. The summed E-state index contributed by atoms with van der Waals surface area (Å²) < 4.78 is 24.2. The third-order valence-electron chi connectivity index (χ3n) is 5.04. The van der Waals surface area contributed by atoms with Crippen molar-refractivity contribution in [3.8, 4) is 0 Å². The van der Waals surface area contributed by atoms with Gasteiger partial charge >= 0.3 is 0 Å². The zero-order chi connectivity index (χ0) is 17.5. The number of rotatable bonds is 3. The van der Waals surface area contributed by atoms with E-state index in [0.717, 1.165) is 35.7 Å². The average molecular weight is 348 g/mol. The molecule has 2 atom stereocenters. The van der Waals surface area contributed by atoms with E-state index < -0.39 is 15.1 Å². The molecule has 1 N–H and O–H groups in total. The largest absolute Gasteiger partial charge is 0.351 e. The fraction of sp³-hybridized carbons (Fsp3) is 0.500. The molecular formula is C18H24N2O3S. The van der Waals surface area contributed by atoms with Crippen LogP contribution in [0, 0.1) is 6.92 Å². The Morgan fingerprint density at radius 3 is 2.62 bits per heavy atom. The van der Waals surface area contributed by atoms with Crippen molar-refractivity contribution in [1.29, 1.82) is 0 Å². The Bertz CT molecular complexity index is 870. The summed E-state index contributed by atoms with van der Waals surface area (Å²) in [6.07, 6.45) is 4.51. The quantitative estimate of drug-likeness (QED) is 0.927. The molecule has 0 unspecified atom stereocenters. The van der Waals surface area contributed by atoms with Gasteiger partial charge in [-0.2, -0.15) is 0 Å². The number of nitrogens with one attached hydrogen (secondary N) is 1. The molecule has 3 rings (SSSR count). The van der Waals surface area contributed by atoms with Crippen LogP contribution in [0.25, 0.3) is 10.9 Å². The Hall–Kier alpha value is -1.82. The van der Waals surface area contributed by atoms with Crippen molar-refractivity contribution in [3.63, 3.8) is 0 Å². The maximum absolute atomic E-state index is 12.9. The first kappa shape index (κ1) is 17.0. The van der Waals surface area contributed by atoms with E-state index in [0.29, 0.717) is 12.1 Å². The maximum atomic E-state index is 12.9. The number of carbonyl (C=O) groups is 1. The van der Waals surface area contributed by atoms with Crippen molar-refractivity contribution in [3.05, 3.63) is 35.5 Å². The topological polar surface area (TPSA) is 70.2 Å².